The second kappa shape index (κ2) is 8.19. The van der Waals surface area contributed by atoms with Crippen molar-refractivity contribution in [3.63, 3.8) is 0 Å². The first kappa shape index (κ1) is 18.2. The van der Waals surface area contributed by atoms with E-state index < -0.39 is 0 Å². The molecule has 4 heteroatoms. The minimum absolute atomic E-state index is 0.00661. The smallest absolute Gasteiger partial charge is 0.242 e. The van der Waals surface area contributed by atoms with Gasteiger partial charge in [0.2, 0.25) is 5.91 Å². The van der Waals surface area contributed by atoms with Crippen molar-refractivity contribution < 1.29 is 9.21 Å². The van der Waals surface area contributed by atoms with Gasteiger partial charge in [-0.05, 0) is 37.7 Å². The van der Waals surface area contributed by atoms with Crippen LogP contribution in [-0.2, 0) is 4.79 Å². The third kappa shape index (κ3) is 3.81. The number of likely N-dealkylation sites (N-methyl/N-ethyl adjacent to an activating group) is 1. The van der Waals surface area contributed by atoms with Gasteiger partial charge in [0.15, 0.2) is 0 Å². The molecule has 4 nitrogen and oxygen atoms in total. The molecule has 0 radical (unpaired) electrons. The van der Waals surface area contributed by atoms with Gasteiger partial charge in [0.1, 0.15) is 17.4 Å². The van der Waals surface area contributed by atoms with E-state index in [0.717, 1.165) is 35.4 Å². The Labute approximate surface area is 154 Å². The fourth-order valence-electron chi connectivity index (χ4n) is 3.33. The molecule has 2 unspecified atom stereocenters. The summed E-state index contributed by atoms with van der Waals surface area (Å²) in [5, 5.41) is 4.18. The zero-order valence-electron chi connectivity index (χ0n) is 15.6. The van der Waals surface area contributed by atoms with Crippen LogP contribution in [0.1, 0.15) is 44.2 Å². The second-order valence-electron chi connectivity index (χ2n) is 6.45. The predicted molar refractivity (Wildman–Crippen MR) is 105 cm³/mol. The summed E-state index contributed by atoms with van der Waals surface area (Å²) in [7, 11) is 0. The first-order valence-corrected chi connectivity index (χ1v) is 9.21. The lowest BCUT2D eigenvalue weighted by atomic mass is 10.0. The van der Waals surface area contributed by atoms with Crippen LogP contribution < -0.4 is 5.32 Å². The highest BCUT2D eigenvalue weighted by atomic mass is 16.3. The molecular formula is C22H26N2O2. The summed E-state index contributed by atoms with van der Waals surface area (Å²) in [6.45, 7) is 7.73. The zero-order valence-corrected chi connectivity index (χ0v) is 15.6. The maximum absolute atomic E-state index is 13.1. The molecule has 1 aromatic heterocycles. The van der Waals surface area contributed by atoms with E-state index in [9.17, 15) is 4.79 Å². The highest BCUT2D eigenvalue weighted by molar-refractivity contribution is 5.84. The molecule has 136 valence electrons. The average Bonchev–Trinajstić information content (AvgIpc) is 3.11. The maximum Gasteiger partial charge on any atom is 0.242 e. The highest BCUT2D eigenvalue weighted by Crippen LogP contribution is 2.26. The number of amides is 1. The monoisotopic (exact) mass is 350 g/mol. The van der Waals surface area contributed by atoms with E-state index in [1.807, 2.05) is 67.6 Å². The van der Waals surface area contributed by atoms with Crippen molar-refractivity contribution in [2.24, 2.45) is 0 Å². The first-order chi connectivity index (χ1) is 12.6. The molecule has 1 amide bonds. The van der Waals surface area contributed by atoms with E-state index >= 15 is 0 Å². The number of benzene rings is 2. The molecule has 0 aliphatic heterocycles. The van der Waals surface area contributed by atoms with Gasteiger partial charge in [-0.25, -0.2) is 0 Å². The second-order valence-corrected chi connectivity index (χ2v) is 6.45. The van der Waals surface area contributed by atoms with Crippen molar-refractivity contribution in [1.29, 1.82) is 0 Å². The number of carbonyl (C=O) groups excluding carboxylic acids is 1. The van der Waals surface area contributed by atoms with Crippen LogP contribution in [0.4, 0.5) is 0 Å². The molecule has 0 aliphatic rings. The number of nitrogens with one attached hydrogen (secondary N) is 1. The molecule has 0 saturated carbocycles. The van der Waals surface area contributed by atoms with Crippen LogP contribution in [0.2, 0.25) is 0 Å². The van der Waals surface area contributed by atoms with E-state index in [0.29, 0.717) is 0 Å². The van der Waals surface area contributed by atoms with Crippen LogP contribution in [0, 0.1) is 0 Å². The molecule has 3 aromatic rings. The van der Waals surface area contributed by atoms with Crippen molar-refractivity contribution in [2.75, 3.05) is 13.1 Å². The van der Waals surface area contributed by atoms with Crippen LogP contribution in [0.25, 0.3) is 11.0 Å². The number of rotatable bonds is 7. The molecule has 0 fully saturated rings. The lowest BCUT2D eigenvalue weighted by molar-refractivity contribution is -0.127. The number of hydrogen-bond donors (Lipinski definition) is 1. The predicted octanol–water partition coefficient (Wildman–Crippen LogP) is 4.69. The molecule has 3 rings (SSSR count). The Kier molecular flexibility index (Phi) is 5.74. The molecule has 0 saturated heterocycles. The number of fused-ring (bicyclic) bond motifs is 1. The number of hydrogen-bond acceptors (Lipinski definition) is 3. The summed E-state index contributed by atoms with van der Waals surface area (Å²) in [6, 6.07) is 19.3. The molecule has 2 atom stereocenters. The normalized spacial score (nSPS) is 13.7. The summed E-state index contributed by atoms with van der Waals surface area (Å²) in [6.07, 6.45) is 0. The van der Waals surface area contributed by atoms with Crippen LogP contribution in [0.3, 0.4) is 0 Å². The third-order valence-corrected chi connectivity index (χ3v) is 4.77. The fourth-order valence-corrected chi connectivity index (χ4v) is 3.33. The van der Waals surface area contributed by atoms with Crippen LogP contribution >= 0.6 is 0 Å². The van der Waals surface area contributed by atoms with Crippen LogP contribution in [0.15, 0.2) is 65.1 Å². The average molecular weight is 350 g/mol. The lowest BCUT2D eigenvalue weighted by Crippen LogP contribution is -2.41. The minimum atomic E-state index is -0.307. The Bertz CT molecular complexity index is 820. The van der Waals surface area contributed by atoms with Gasteiger partial charge in [0.05, 0.1) is 6.04 Å². The quantitative estimate of drug-likeness (QED) is 0.672. The van der Waals surface area contributed by atoms with Crippen molar-refractivity contribution in [3.8, 4) is 0 Å². The number of nitrogens with zero attached hydrogens (tertiary/aromatic N) is 1. The molecular weight excluding hydrogens is 324 g/mol. The van der Waals surface area contributed by atoms with Crippen molar-refractivity contribution >= 4 is 16.9 Å². The van der Waals surface area contributed by atoms with Gasteiger partial charge in [0.25, 0.3) is 0 Å². The first-order valence-electron chi connectivity index (χ1n) is 9.21. The Balaban J connectivity index is 1.82. The van der Waals surface area contributed by atoms with Crippen LogP contribution in [-0.4, -0.2) is 23.9 Å². The van der Waals surface area contributed by atoms with Gasteiger partial charge in [-0.1, -0.05) is 62.4 Å². The maximum atomic E-state index is 13.1. The van der Waals surface area contributed by atoms with Gasteiger partial charge < -0.3 is 9.73 Å². The van der Waals surface area contributed by atoms with Gasteiger partial charge in [0, 0.05) is 5.39 Å². The molecule has 0 aliphatic carbocycles. The Morgan fingerprint density at radius 3 is 2.35 bits per heavy atom. The molecule has 0 spiro atoms. The standard InChI is InChI=1S/C22H26N2O2/c1-4-24(5-2)21(17-11-7-6-8-12-17)22(25)23-16(3)20-15-18-13-9-10-14-19(18)26-20/h6-16,21H,4-5H2,1-3H3,(H,23,25). The number of para-hydroxylation sites is 1. The minimum Gasteiger partial charge on any atom is -0.459 e. The fraction of sp³-hybridized carbons (Fsp3) is 0.318. The van der Waals surface area contributed by atoms with Gasteiger partial charge >= 0.3 is 0 Å². The Morgan fingerprint density at radius 2 is 1.69 bits per heavy atom. The SMILES string of the molecule is CCN(CC)C(C(=O)NC(C)c1cc2ccccc2o1)c1ccccc1. The van der Waals surface area contributed by atoms with E-state index in [1.165, 1.54) is 0 Å². The summed E-state index contributed by atoms with van der Waals surface area (Å²) in [5.74, 6) is 0.763. The molecule has 26 heavy (non-hydrogen) atoms. The van der Waals surface area contributed by atoms with Crippen molar-refractivity contribution in [1.82, 2.24) is 10.2 Å². The van der Waals surface area contributed by atoms with E-state index in [-0.39, 0.29) is 18.0 Å². The third-order valence-electron chi connectivity index (χ3n) is 4.77. The molecule has 1 heterocycles. The van der Waals surface area contributed by atoms with Gasteiger partial charge in [-0.2, -0.15) is 0 Å². The molecule has 0 bridgehead atoms. The summed E-state index contributed by atoms with van der Waals surface area (Å²) >= 11 is 0. The van der Waals surface area contributed by atoms with Crippen LogP contribution in [0.5, 0.6) is 0 Å². The highest BCUT2D eigenvalue weighted by Gasteiger charge is 2.27. The van der Waals surface area contributed by atoms with Gasteiger partial charge in [-0.3, -0.25) is 9.69 Å². The summed E-state index contributed by atoms with van der Waals surface area (Å²) < 4.78 is 5.90. The number of furan rings is 1. The molecule has 2 aromatic carbocycles. The zero-order chi connectivity index (χ0) is 18.5. The summed E-state index contributed by atoms with van der Waals surface area (Å²) in [4.78, 5) is 15.3. The van der Waals surface area contributed by atoms with Crippen molar-refractivity contribution in [2.45, 2.75) is 32.9 Å². The number of carbonyl (C=O) groups is 1. The van der Waals surface area contributed by atoms with E-state index in [4.69, 9.17) is 4.42 Å². The van der Waals surface area contributed by atoms with Crippen molar-refractivity contribution in [3.05, 3.63) is 72.0 Å². The lowest BCUT2D eigenvalue weighted by Gasteiger charge is -2.30. The topological polar surface area (TPSA) is 45.5 Å². The Hall–Kier alpha value is -2.59. The largest absolute Gasteiger partial charge is 0.459 e. The molecule has 1 N–H and O–H groups in total. The Morgan fingerprint density at radius 1 is 1.04 bits per heavy atom. The summed E-state index contributed by atoms with van der Waals surface area (Å²) in [5.41, 5.74) is 1.84. The van der Waals surface area contributed by atoms with E-state index in [2.05, 4.69) is 24.1 Å². The van der Waals surface area contributed by atoms with E-state index in [1.54, 1.807) is 0 Å². The van der Waals surface area contributed by atoms with Gasteiger partial charge in [-0.15, -0.1) is 0 Å².